The molecule has 5 nitrogen and oxygen atoms in total. The molecule has 0 heterocycles. The molecule has 0 aliphatic heterocycles. The number of carbonyl (C=O) groups excluding carboxylic acids is 2. The molecule has 0 amide bonds. The van der Waals surface area contributed by atoms with Crippen LogP contribution in [0.25, 0.3) is 0 Å². The second-order valence-electron chi connectivity index (χ2n) is 19.0. The van der Waals surface area contributed by atoms with Crippen LogP contribution in [0, 0.1) is 0 Å². The van der Waals surface area contributed by atoms with E-state index in [0.717, 1.165) is 116 Å². The summed E-state index contributed by atoms with van der Waals surface area (Å²) in [5.74, 6) is -0.609. The molecule has 70 heavy (non-hydrogen) atoms. The predicted molar refractivity (Wildman–Crippen MR) is 306 cm³/mol. The number of hydrogen-bond acceptors (Lipinski definition) is 5. The van der Waals surface area contributed by atoms with E-state index in [-0.39, 0.29) is 25.2 Å². The molecule has 0 radical (unpaired) electrons. The van der Waals surface area contributed by atoms with Crippen molar-refractivity contribution in [3.63, 3.8) is 0 Å². The van der Waals surface area contributed by atoms with Crippen LogP contribution in [-0.4, -0.2) is 36.4 Å². The summed E-state index contributed by atoms with van der Waals surface area (Å²) in [6.07, 6.45) is 87.6. The quantitative estimate of drug-likeness (QED) is 0.0374. The minimum Gasteiger partial charge on any atom is -0.462 e. The monoisotopic (exact) mass is 969 g/mol. The van der Waals surface area contributed by atoms with Crippen molar-refractivity contribution < 1.29 is 24.2 Å². The summed E-state index contributed by atoms with van der Waals surface area (Å²) in [5, 5.41) is 9.63. The van der Waals surface area contributed by atoms with Gasteiger partial charge in [0, 0.05) is 12.8 Å². The van der Waals surface area contributed by atoms with Crippen LogP contribution in [0.3, 0.4) is 0 Å². The second kappa shape index (κ2) is 59.6. The van der Waals surface area contributed by atoms with Gasteiger partial charge >= 0.3 is 11.9 Å². The highest BCUT2D eigenvalue weighted by atomic mass is 16.6. The van der Waals surface area contributed by atoms with Crippen LogP contribution < -0.4 is 0 Å². The van der Waals surface area contributed by atoms with Crippen molar-refractivity contribution in [1.29, 1.82) is 0 Å². The Labute approximate surface area is 433 Å². The SMILES string of the molecule is CC/C=C\C/C=C\C/C=C\C/C=C\C/C=C\C/C=C\C/C=C\CCCCCCCCCCCCCCCCCCCCCC(=O)OC(CO)COC(=O)CCCCCCC/C=C\C/C=C\C/C=C\CC. The number of aliphatic hydroxyl groups excluding tert-OH is 1. The molecule has 0 aromatic heterocycles. The van der Waals surface area contributed by atoms with Gasteiger partial charge in [0.1, 0.15) is 6.61 Å². The molecule has 0 aliphatic carbocycles. The summed E-state index contributed by atoms with van der Waals surface area (Å²) in [4.78, 5) is 24.5. The van der Waals surface area contributed by atoms with Crippen LogP contribution in [0.4, 0.5) is 0 Å². The van der Waals surface area contributed by atoms with Crippen molar-refractivity contribution >= 4 is 11.9 Å². The number of ether oxygens (including phenoxy) is 2. The fourth-order valence-corrected chi connectivity index (χ4v) is 7.96. The molecule has 1 N–H and O–H groups in total. The van der Waals surface area contributed by atoms with E-state index in [4.69, 9.17) is 9.47 Å². The fraction of sp³-hybridized carbons (Fsp3) is 0.662. The molecule has 0 saturated heterocycles. The topological polar surface area (TPSA) is 72.8 Å². The fourth-order valence-electron chi connectivity index (χ4n) is 7.96. The van der Waals surface area contributed by atoms with Gasteiger partial charge in [0.25, 0.3) is 0 Å². The average molecular weight is 970 g/mol. The van der Waals surface area contributed by atoms with Crippen LogP contribution in [0.15, 0.2) is 122 Å². The summed E-state index contributed by atoms with van der Waals surface area (Å²) in [6.45, 7) is 3.90. The van der Waals surface area contributed by atoms with Crippen LogP contribution in [0.1, 0.15) is 258 Å². The highest BCUT2D eigenvalue weighted by molar-refractivity contribution is 5.70. The molecule has 0 aromatic rings. The van der Waals surface area contributed by atoms with Crippen LogP contribution in [0.2, 0.25) is 0 Å². The van der Waals surface area contributed by atoms with Crippen molar-refractivity contribution in [2.45, 2.75) is 264 Å². The van der Waals surface area contributed by atoms with E-state index in [1.807, 2.05) is 0 Å². The number of aliphatic hydroxyl groups is 1. The van der Waals surface area contributed by atoms with E-state index in [9.17, 15) is 14.7 Å². The number of hydrogen-bond donors (Lipinski definition) is 1. The van der Waals surface area contributed by atoms with Gasteiger partial charge in [0.2, 0.25) is 0 Å². The van der Waals surface area contributed by atoms with E-state index in [2.05, 4.69) is 135 Å². The van der Waals surface area contributed by atoms with Crippen LogP contribution >= 0.6 is 0 Å². The molecule has 0 bridgehead atoms. The summed E-state index contributed by atoms with van der Waals surface area (Å²) >= 11 is 0. The first-order valence-electron chi connectivity index (χ1n) is 29.1. The van der Waals surface area contributed by atoms with Gasteiger partial charge in [-0.05, 0) is 103 Å². The molecule has 398 valence electrons. The van der Waals surface area contributed by atoms with Crippen LogP contribution in [-0.2, 0) is 19.1 Å². The summed E-state index contributed by atoms with van der Waals surface area (Å²) in [5.41, 5.74) is 0. The lowest BCUT2D eigenvalue weighted by Crippen LogP contribution is -2.28. The number of unbranched alkanes of at least 4 members (excludes halogenated alkanes) is 24. The Morgan fingerprint density at radius 1 is 0.329 bits per heavy atom. The van der Waals surface area contributed by atoms with Gasteiger partial charge in [-0.1, -0.05) is 264 Å². The van der Waals surface area contributed by atoms with Gasteiger partial charge in [-0.25, -0.2) is 0 Å². The second-order valence-corrected chi connectivity index (χ2v) is 19.0. The van der Waals surface area contributed by atoms with E-state index in [0.29, 0.717) is 12.8 Å². The number of allylic oxidation sites excluding steroid dienone is 20. The van der Waals surface area contributed by atoms with E-state index < -0.39 is 6.10 Å². The van der Waals surface area contributed by atoms with Crippen molar-refractivity contribution in [1.82, 2.24) is 0 Å². The minimum absolute atomic E-state index is 0.0777. The maximum atomic E-state index is 12.3. The highest BCUT2D eigenvalue weighted by Crippen LogP contribution is 2.16. The Balaban J connectivity index is 3.47. The smallest absolute Gasteiger partial charge is 0.306 e. The lowest BCUT2D eigenvalue weighted by molar-refractivity contribution is -0.161. The first kappa shape index (κ1) is 66.3. The summed E-state index contributed by atoms with van der Waals surface area (Å²) < 4.78 is 10.7. The van der Waals surface area contributed by atoms with Gasteiger partial charge in [-0.15, -0.1) is 0 Å². The minimum atomic E-state index is -0.784. The zero-order valence-corrected chi connectivity index (χ0v) is 45.5. The maximum absolute atomic E-state index is 12.3. The van der Waals surface area contributed by atoms with Crippen molar-refractivity contribution in [3.05, 3.63) is 122 Å². The lowest BCUT2D eigenvalue weighted by atomic mass is 10.0. The number of carbonyl (C=O) groups is 2. The van der Waals surface area contributed by atoms with Gasteiger partial charge in [0.05, 0.1) is 6.61 Å². The third-order valence-electron chi connectivity index (χ3n) is 12.3. The standard InChI is InChI=1S/C65H108O5/c1-3-5-7-9-11-13-15-17-19-20-21-22-23-24-25-26-27-28-29-30-31-32-33-34-35-36-37-38-39-40-41-42-43-44-46-48-50-52-54-56-58-60-65(68)70-63(61-66)62-69-64(67)59-57-55-53-51-49-47-45-18-16-14-12-10-8-6-4-2/h5-8,11-14,17-19,21-22,24-25,27-28,30-31,45,63,66H,3-4,9-10,15-16,20,23,26,29,32-44,46-62H2,1-2H3/b7-5-,8-6-,13-11-,14-12-,19-17-,22-21-,25-24-,28-27-,31-30-,45-18-. The first-order chi connectivity index (χ1) is 34.6. The Morgan fingerprint density at radius 3 is 0.857 bits per heavy atom. The molecular formula is C65H108O5. The van der Waals surface area contributed by atoms with E-state index in [1.165, 1.54) is 116 Å². The average Bonchev–Trinajstić information content (AvgIpc) is 3.36. The Kier molecular flexibility index (Phi) is 56.5. The maximum Gasteiger partial charge on any atom is 0.306 e. The van der Waals surface area contributed by atoms with Crippen LogP contribution in [0.5, 0.6) is 0 Å². The summed E-state index contributed by atoms with van der Waals surface area (Å²) in [7, 11) is 0. The van der Waals surface area contributed by atoms with E-state index >= 15 is 0 Å². The third-order valence-corrected chi connectivity index (χ3v) is 12.3. The van der Waals surface area contributed by atoms with Crippen molar-refractivity contribution in [2.75, 3.05) is 13.2 Å². The molecular weight excluding hydrogens is 861 g/mol. The van der Waals surface area contributed by atoms with Crippen molar-refractivity contribution in [2.24, 2.45) is 0 Å². The highest BCUT2D eigenvalue weighted by Gasteiger charge is 2.16. The molecule has 0 aromatic carbocycles. The molecule has 0 rings (SSSR count). The predicted octanol–water partition coefficient (Wildman–Crippen LogP) is 19.9. The molecule has 1 unspecified atom stereocenters. The van der Waals surface area contributed by atoms with Crippen molar-refractivity contribution in [3.8, 4) is 0 Å². The molecule has 0 aliphatic rings. The van der Waals surface area contributed by atoms with E-state index in [1.54, 1.807) is 0 Å². The number of esters is 2. The molecule has 1 atom stereocenters. The zero-order valence-electron chi connectivity index (χ0n) is 45.5. The zero-order chi connectivity index (χ0) is 50.6. The Bertz CT molecular complexity index is 1420. The first-order valence-corrected chi connectivity index (χ1v) is 29.1. The van der Waals surface area contributed by atoms with Gasteiger partial charge in [0.15, 0.2) is 6.10 Å². The summed E-state index contributed by atoms with van der Waals surface area (Å²) in [6, 6.07) is 0. The van der Waals surface area contributed by atoms with Gasteiger partial charge in [-0.3, -0.25) is 9.59 Å². The van der Waals surface area contributed by atoms with Gasteiger partial charge in [-0.2, -0.15) is 0 Å². The molecule has 0 spiro atoms. The Morgan fingerprint density at radius 2 is 0.571 bits per heavy atom. The third kappa shape index (κ3) is 56.9. The largest absolute Gasteiger partial charge is 0.462 e. The lowest BCUT2D eigenvalue weighted by Gasteiger charge is -2.15. The molecule has 5 heteroatoms. The number of rotatable bonds is 52. The molecule has 0 fully saturated rings. The normalized spacial score (nSPS) is 13.1. The van der Waals surface area contributed by atoms with Gasteiger partial charge < -0.3 is 14.6 Å². The molecule has 0 saturated carbocycles. The Hall–Kier alpha value is -3.70.